The molecule has 1 rings (SSSR count). The summed E-state index contributed by atoms with van der Waals surface area (Å²) in [5, 5.41) is 0. The summed E-state index contributed by atoms with van der Waals surface area (Å²) in [6.07, 6.45) is 5.85. The molecule has 0 bridgehead atoms. The number of ether oxygens (including phenoxy) is 1. The van der Waals surface area contributed by atoms with Gasteiger partial charge in [0.2, 0.25) is 0 Å². The van der Waals surface area contributed by atoms with Crippen LogP contribution in [-0.2, 0) is 9.84 Å². The lowest BCUT2D eigenvalue weighted by Gasteiger charge is -2.11. The van der Waals surface area contributed by atoms with Crippen molar-refractivity contribution in [3.63, 3.8) is 0 Å². The van der Waals surface area contributed by atoms with Crippen LogP contribution < -0.4 is 4.74 Å². The Labute approximate surface area is 123 Å². The minimum absolute atomic E-state index is 0.209. The van der Waals surface area contributed by atoms with Gasteiger partial charge in [0, 0.05) is 0 Å². The minimum atomic E-state index is -3.23. The van der Waals surface area contributed by atoms with Crippen LogP contribution in [0.4, 0.5) is 0 Å². The van der Waals surface area contributed by atoms with Crippen molar-refractivity contribution in [2.24, 2.45) is 0 Å². The van der Waals surface area contributed by atoms with Gasteiger partial charge in [-0.25, -0.2) is 8.42 Å². The Balaban J connectivity index is 2.72. The first-order chi connectivity index (χ1) is 9.61. The lowest BCUT2D eigenvalue weighted by Crippen LogP contribution is -2.09. The topological polar surface area (TPSA) is 43.4 Å². The molecule has 0 unspecified atom stereocenters. The van der Waals surface area contributed by atoms with E-state index in [-0.39, 0.29) is 5.75 Å². The van der Waals surface area contributed by atoms with E-state index in [0.717, 1.165) is 38.5 Å². The molecule has 0 fully saturated rings. The predicted octanol–water partition coefficient (Wildman–Crippen LogP) is 4.22. The molecule has 0 saturated carbocycles. The van der Waals surface area contributed by atoms with Gasteiger partial charge >= 0.3 is 0 Å². The van der Waals surface area contributed by atoms with Crippen molar-refractivity contribution < 1.29 is 13.2 Å². The number of sulfone groups is 1. The molecule has 0 saturated heterocycles. The highest BCUT2D eigenvalue weighted by Gasteiger charge is 2.18. The quantitative estimate of drug-likeness (QED) is 0.607. The SMILES string of the molecule is CCCCCCS(=O)(=O)c1ccccc1OCCCC. The molecule has 0 N–H and O–H groups in total. The van der Waals surface area contributed by atoms with E-state index in [9.17, 15) is 8.42 Å². The number of benzene rings is 1. The maximum Gasteiger partial charge on any atom is 0.182 e. The van der Waals surface area contributed by atoms with Crippen LogP contribution in [0.1, 0.15) is 52.4 Å². The van der Waals surface area contributed by atoms with Gasteiger partial charge in [0.05, 0.1) is 12.4 Å². The Bertz CT molecular complexity index is 480. The lowest BCUT2D eigenvalue weighted by atomic mass is 10.2. The van der Waals surface area contributed by atoms with E-state index in [4.69, 9.17) is 4.74 Å². The standard InChI is InChI=1S/C16H26O3S/c1-3-5-7-10-14-20(17,18)16-12-9-8-11-15(16)19-13-6-4-2/h8-9,11-12H,3-7,10,13-14H2,1-2H3. The van der Waals surface area contributed by atoms with Crippen LogP contribution in [0.25, 0.3) is 0 Å². The fraction of sp³-hybridized carbons (Fsp3) is 0.625. The maximum atomic E-state index is 12.4. The molecular formula is C16H26O3S. The van der Waals surface area contributed by atoms with Crippen LogP contribution >= 0.6 is 0 Å². The third-order valence-electron chi connectivity index (χ3n) is 3.21. The highest BCUT2D eigenvalue weighted by molar-refractivity contribution is 7.91. The summed E-state index contributed by atoms with van der Waals surface area (Å²) in [6.45, 7) is 4.77. The van der Waals surface area contributed by atoms with Crippen LogP contribution in [0.15, 0.2) is 29.2 Å². The highest BCUT2D eigenvalue weighted by atomic mass is 32.2. The molecule has 1 aromatic carbocycles. The van der Waals surface area contributed by atoms with Gasteiger partial charge in [0.25, 0.3) is 0 Å². The molecule has 0 aliphatic rings. The summed E-state index contributed by atoms with van der Waals surface area (Å²) in [7, 11) is -3.23. The predicted molar refractivity (Wildman–Crippen MR) is 83.0 cm³/mol. The van der Waals surface area contributed by atoms with Gasteiger partial charge < -0.3 is 4.74 Å². The van der Waals surface area contributed by atoms with Crippen LogP contribution in [0, 0.1) is 0 Å². The van der Waals surface area contributed by atoms with E-state index in [1.165, 1.54) is 0 Å². The summed E-state index contributed by atoms with van der Waals surface area (Å²) in [5.74, 6) is 0.706. The number of rotatable bonds is 10. The monoisotopic (exact) mass is 298 g/mol. The van der Waals surface area contributed by atoms with Crippen LogP contribution in [0.5, 0.6) is 5.75 Å². The minimum Gasteiger partial charge on any atom is -0.492 e. The van der Waals surface area contributed by atoms with Crippen molar-refractivity contribution in [2.45, 2.75) is 57.3 Å². The van der Waals surface area contributed by atoms with E-state index in [1.54, 1.807) is 18.2 Å². The average molecular weight is 298 g/mol. The first-order valence-corrected chi connectivity index (χ1v) is 9.21. The Kier molecular flexibility index (Phi) is 7.67. The Morgan fingerprint density at radius 3 is 2.35 bits per heavy atom. The number of para-hydroxylation sites is 1. The molecule has 114 valence electrons. The zero-order valence-corrected chi connectivity index (χ0v) is 13.4. The zero-order valence-electron chi connectivity index (χ0n) is 12.6. The Morgan fingerprint density at radius 2 is 1.65 bits per heavy atom. The first kappa shape index (κ1) is 17.0. The van der Waals surface area contributed by atoms with Crippen LogP contribution in [0.2, 0.25) is 0 Å². The summed E-state index contributed by atoms with van der Waals surface area (Å²) in [6, 6.07) is 6.97. The average Bonchev–Trinajstić information content (AvgIpc) is 2.44. The molecule has 20 heavy (non-hydrogen) atoms. The van der Waals surface area contributed by atoms with Crippen molar-refractivity contribution >= 4 is 9.84 Å². The Morgan fingerprint density at radius 1 is 0.950 bits per heavy atom. The van der Waals surface area contributed by atoms with E-state index in [1.807, 2.05) is 6.07 Å². The van der Waals surface area contributed by atoms with E-state index < -0.39 is 9.84 Å². The Hall–Kier alpha value is -1.03. The van der Waals surface area contributed by atoms with Crippen molar-refractivity contribution in [3.05, 3.63) is 24.3 Å². The molecule has 3 nitrogen and oxygen atoms in total. The van der Waals surface area contributed by atoms with Gasteiger partial charge in [-0.3, -0.25) is 0 Å². The fourth-order valence-corrected chi connectivity index (χ4v) is 3.51. The van der Waals surface area contributed by atoms with Gasteiger partial charge in [-0.15, -0.1) is 0 Å². The fourth-order valence-electron chi connectivity index (χ4n) is 1.98. The molecular weight excluding hydrogens is 272 g/mol. The normalized spacial score (nSPS) is 11.5. The molecule has 0 atom stereocenters. The number of unbranched alkanes of at least 4 members (excludes halogenated alkanes) is 4. The van der Waals surface area contributed by atoms with Crippen LogP contribution in [0.3, 0.4) is 0 Å². The second-order valence-electron chi connectivity index (χ2n) is 5.03. The van der Waals surface area contributed by atoms with Crippen molar-refractivity contribution in [1.82, 2.24) is 0 Å². The van der Waals surface area contributed by atoms with Crippen LogP contribution in [-0.4, -0.2) is 20.8 Å². The molecule has 0 aromatic heterocycles. The summed E-state index contributed by atoms with van der Waals surface area (Å²) >= 11 is 0. The molecule has 1 aromatic rings. The highest BCUT2D eigenvalue weighted by Crippen LogP contribution is 2.25. The van der Waals surface area contributed by atoms with Crippen molar-refractivity contribution in [2.75, 3.05) is 12.4 Å². The van der Waals surface area contributed by atoms with Gasteiger partial charge in [-0.2, -0.15) is 0 Å². The van der Waals surface area contributed by atoms with E-state index in [0.29, 0.717) is 17.3 Å². The second-order valence-corrected chi connectivity index (χ2v) is 7.11. The molecule has 0 aliphatic heterocycles. The summed E-state index contributed by atoms with van der Waals surface area (Å²) in [4.78, 5) is 0.340. The maximum absolute atomic E-state index is 12.4. The smallest absolute Gasteiger partial charge is 0.182 e. The van der Waals surface area contributed by atoms with Gasteiger partial charge in [-0.1, -0.05) is 51.7 Å². The molecule has 4 heteroatoms. The third kappa shape index (κ3) is 5.53. The lowest BCUT2D eigenvalue weighted by molar-refractivity contribution is 0.301. The zero-order chi connectivity index (χ0) is 14.8. The largest absolute Gasteiger partial charge is 0.492 e. The van der Waals surface area contributed by atoms with Crippen molar-refractivity contribution in [3.8, 4) is 5.75 Å². The van der Waals surface area contributed by atoms with Gasteiger partial charge in [0.15, 0.2) is 9.84 Å². The molecule has 0 spiro atoms. The van der Waals surface area contributed by atoms with Gasteiger partial charge in [0.1, 0.15) is 10.6 Å². The molecule has 0 heterocycles. The van der Waals surface area contributed by atoms with E-state index >= 15 is 0 Å². The molecule has 0 radical (unpaired) electrons. The first-order valence-electron chi connectivity index (χ1n) is 7.56. The second kappa shape index (κ2) is 9.01. The van der Waals surface area contributed by atoms with Crippen molar-refractivity contribution in [1.29, 1.82) is 0 Å². The molecule has 0 aliphatic carbocycles. The number of hydrogen-bond donors (Lipinski definition) is 0. The third-order valence-corrected chi connectivity index (χ3v) is 5.04. The summed E-state index contributed by atoms with van der Waals surface area (Å²) in [5.41, 5.74) is 0. The summed E-state index contributed by atoms with van der Waals surface area (Å²) < 4.78 is 30.3. The van der Waals surface area contributed by atoms with Gasteiger partial charge in [-0.05, 0) is 25.0 Å². The van der Waals surface area contributed by atoms with E-state index in [2.05, 4.69) is 13.8 Å². The number of hydrogen-bond acceptors (Lipinski definition) is 3. The molecule has 0 amide bonds.